The van der Waals surface area contributed by atoms with Gasteiger partial charge in [0.25, 0.3) is 5.91 Å². The third-order valence-electron chi connectivity index (χ3n) is 2.97. The van der Waals surface area contributed by atoms with Gasteiger partial charge in [-0.3, -0.25) is 9.69 Å². The minimum Gasteiger partial charge on any atom is -0.370 e. The van der Waals surface area contributed by atoms with Crippen LogP contribution in [0.2, 0.25) is 0 Å². The van der Waals surface area contributed by atoms with Crippen molar-refractivity contribution in [3.63, 3.8) is 0 Å². The third kappa shape index (κ3) is 2.67. The van der Waals surface area contributed by atoms with Gasteiger partial charge in [-0.15, -0.1) is 0 Å². The number of urea groups is 1. The minimum absolute atomic E-state index is 0.209. The highest BCUT2D eigenvalue weighted by Crippen LogP contribution is 2.19. The summed E-state index contributed by atoms with van der Waals surface area (Å²) in [6, 6.07) is 3.29. The zero-order chi connectivity index (χ0) is 14.0. The molecule has 1 aromatic rings. The highest BCUT2D eigenvalue weighted by Gasteiger charge is 2.44. The Morgan fingerprint density at radius 2 is 2.16 bits per heavy atom. The molecule has 2 rings (SSSR count). The third-order valence-corrected chi connectivity index (χ3v) is 2.97. The largest absolute Gasteiger partial charge is 0.370 e. The topological polar surface area (TPSA) is 74.3 Å². The monoisotopic (exact) mass is 262 g/mol. The average molecular weight is 262 g/mol. The van der Waals surface area contributed by atoms with Crippen LogP contribution in [-0.2, 0) is 11.3 Å². The molecule has 6 nitrogen and oxygen atoms in total. The molecule has 6 heteroatoms. The van der Waals surface area contributed by atoms with Crippen LogP contribution < -0.4 is 10.6 Å². The van der Waals surface area contributed by atoms with Crippen LogP contribution in [-0.4, -0.2) is 33.9 Å². The van der Waals surface area contributed by atoms with Crippen molar-refractivity contribution in [1.82, 2.24) is 15.2 Å². The van der Waals surface area contributed by atoms with Crippen LogP contribution in [0.25, 0.3) is 0 Å². The number of hydrogen-bond acceptors (Lipinski definition) is 4. The quantitative estimate of drug-likeness (QED) is 0.803. The Morgan fingerprint density at radius 1 is 1.42 bits per heavy atom. The molecular weight excluding hydrogens is 244 g/mol. The highest BCUT2D eigenvalue weighted by atomic mass is 16.2. The van der Waals surface area contributed by atoms with E-state index >= 15 is 0 Å². The SMILES string of the molecule is CCNc1cc(CN2C(=O)NC(C)(C)C2=O)ccn1. The lowest BCUT2D eigenvalue weighted by atomic mass is 10.1. The van der Waals surface area contributed by atoms with E-state index in [4.69, 9.17) is 0 Å². The van der Waals surface area contributed by atoms with Crippen molar-refractivity contribution in [1.29, 1.82) is 0 Å². The molecule has 0 saturated carbocycles. The maximum Gasteiger partial charge on any atom is 0.325 e. The first kappa shape index (κ1) is 13.3. The summed E-state index contributed by atoms with van der Waals surface area (Å²) in [5.41, 5.74) is 0.0429. The zero-order valence-electron chi connectivity index (χ0n) is 11.4. The van der Waals surface area contributed by atoms with Gasteiger partial charge in [0.05, 0.1) is 6.54 Å². The summed E-state index contributed by atoms with van der Waals surface area (Å²) in [6.07, 6.45) is 1.66. The molecule has 0 aromatic carbocycles. The molecule has 3 amide bonds. The number of amides is 3. The maximum absolute atomic E-state index is 12.1. The van der Waals surface area contributed by atoms with Crippen LogP contribution >= 0.6 is 0 Å². The number of aromatic nitrogens is 1. The number of pyridine rings is 1. The van der Waals surface area contributed by atoms with E-state index < -0.39 is 5.54 Å². The van der Waals surface area contributed by atoms with Gasteiger partial charge in [-0.05, 0) is 38.5 Å². The molecular formula is C13H18N4O2. The highest BCUT2D eigenvalue weighted by molar-refractivity contribution is 6.06. The van der Waals surface area contributed by atoms with E-state index in [2.05, 4.69) is 15.6 Å². The second kappa shape index (κ2) is 4.87. The Balaban J connectivity index is 2.15. The van der Waals surface area contributed by atoms with Crippen molar-refractivity contribution < 1.29 is 9.59 Å². The second-order valence-electron chi connectivity index (χ2n) is 5.03. The predicted molar refractivity (Wildman–Crippen MR) is 71.6 cm³/mol. The molecule has 0 spiro atoms. The number of rotatable bonds is 4. The first-order valence-electron chi connectivity index (χ1n) is 6.27. The lowest BCUT2D eigenvalue weighted by Gasteiger charge is -2.16. The summed E-state index contributed by atoms with van der Waals surface area (Å²) in [5.74, 6) is 0.533. The molecule has 1 aliphatic rings. The summed E-state index contributed by atoms with van der Waals surface area (Å²) in [4.78, 5) is 29.2. The first-order chi connectivity index (χ1) is 8.94. The van der Waals surface area contributed by atoms with Gasteiger partial charge in [0, 0.05) is 12.7 Å². The number of carbonyl (C=O) groups excluding carboxylic acids is 2. The predicted octanol–water partition coefficient (Wildman–Crippen LogP) is 1.34. The molecule has 19 heavy (non-hydrogen) atoms. The summed E-state index contributed by atoms with van der Waals surface area (Å²) in [6.45, 7) is 6.41. The molecule has 102 valence electrons. The molecule has 2 N–H and O–H groups in total. The zero-order valence-corrected chi connectivity index (χ0v) is 11.4. The van der Waals surface area contributed by atoms with Gasteiger partial charge in [-0.1, -0.05) is 0 Å². The van der Waals surface area contributed by atoms with E-state index in [1.807, 2.05) is 13.0 Å². The van der Waals surface area contributed by atoms with Crippen LogP contribution in [0.5, 0.6) is 0 Å². The fourth-order valence-corrected chi connectivity index (χ4v) is 1.99. The normalized spacial score (nSPS) is 17.5. The smallest absolute Gasteiger partial charge is 0.325 e. The Kier molecular flexibility index (Phi) is 3.42. The van der Waals surface area contributed by atoms with Crippen LogP contribution in [0.1, 0.15) is 26.3 Å². The Bertz CT molecular complexity index is 513. The first-order valence-corrected chi connectivity index (χ1v) is 6.27. The lowest BCUT2D eigenvalue weighted by Crippen LogP contribution is -2.40. The molecule has 0 atom stereocenters. The van der Waals surface area contributed by atoms with E-state index in [1.165, 1.54) is 4.90 Å². The molecule has 1 saturated heterocycles. The van der Waals surface area contributed by atoms with Gasteiger partial charge >= 0.3 is 6.03 Å². The minimum atomic E-state index is -0.825. The van der Waals surface area contributed by atoms with Crippen LogP contribution in [0.4, 0.5) is 10.6 Å². The van der Waals surface area contributed by atoms with Gasteiger partial charge in [-0.25, -0.2) is 9.78 Å². The average Bonchev–Trinajstić information content (AvgIpc) is 2.53. The number of carbonyl (C=O) groups is 2. The molecule has 2 heterocycles. The number of imide groups is 1. The molecule has 0 aliphatic carbocycles. The Labute approximate surface area is 112 Å². The maximum atomic E-state index is 12.1. The van der Waals surface area contributed by atoms with E-state index in [-0.39, 0.29) is 18.5 Å². The van der Waals surface area contributed by atoms with Crippen molar-refractivity contribution in [2.75, 3.05) is 11.9 Å². The van der Waals surface area contributed by atoms with E-state index in [0.717, 1.165) is 17.9 Å². The molecule has 1 aliphatic heterocycles. The van der Waals surface area contributed by atoms with Gasteiger partial charge in [0.1, 0.15) is 11.4 Å². The summed E-state index contributed by atoms with van der Waals surface area (Å²) in [7, 11) is 0. The van der Waals surface area contributed by atoms with E-state index in [1.54, 1.807) is 26.1 Å². The van der Waals surface area contributed by atoms with Crippen LogP contribution in [0.3, 0.4) is 0 Å². The number of nitrogens with one attached hydrogen (secondary N) is 2. The summed E-state index contributed by atoms with van der Waals surface area (Å²) in [5, 5.41) is 5.76. The van der Waals surface area contributed by atoms with Crippen molar-refractivity contribution in [3.05, 3.63) is 23.9 Å². The standard InChI is InChI=1S/C13H18N4O2/c1-4-14-10-7-9(5-6-15-10)8-17-11(18)13(2,3)16-12(17)19/h5-7H,4,8H2,1-3H3,(H,14,15)(H,16,19). The molecule has 0 bridgehead atoms. The van der Waals surface area contributed by atoms with Crippen molar-refractivity contribution >= 4 is 17.8 Å². The Hall–Kier alpha value is -2.11. The van der Waals surface area contributed by atoms with E-state index in [9.17, 15) is 9.59 Å². The molecule has 1 aromatic heterocycles. The number of hydrogen-bond donors (Lipinski definition) is 2. The molecule has 0 radical (unpaired) electrons. The van der Waals surface area contributed by atoms with Crippen LogP contribution in [0.15, 0.2) is 18.3 Å². The van der Waals surface area contributed by atoms with Crippen molar-refractivity contribution in [2.24, 2.45) is 0 Å². The van der Waals surface area contributed by atoms with E-state index in [0.29, 0.717) is 0 Å². The number of nitrogens with zero attached hydrogens (tertiary/aromatic N) is 2. The van der Waals surface area contributed by atoms with Crippen LogP contribution in [0, 0.1) is 0 Å². The Morgan fingerprint density at radius 3 is 2.74 bits per heavy atom. The number of anilines is 1. The lowest BCUT2D eigenvalue weighted by molar-refractivity contribution is -0.130. The second-order valence-corrected chi connectivity index (χ2v) is 5.03. The summed E-state index contributed by atoms with van der Waals surface area (Å²) < 4.78 is 0. The summed E-state index contributed by atoms with van der Waals surface area (Å²) >= 11 is 0. The van der Waals surface area contributed by atoms with Gasteiger partial charge < -0.3 is 10.6 Å². The fraction of sp³-hybridized carbons (Fsp3) is 0.462. The van der Waals surface area contributed by atoms with Crippen molar-refractivity contribution in [3.8, 4) is 0 Å². The van der Waals surface area contributed by atoms with Gasteiger partial charge in [0.2, 0.25) is 0 Å². The van der Waals surface area contributed by atoms with Gasteiger partial charge in [0.15, 0.2) is 0 Å². The van der Waals surface area contributed by atoms with Crippen molar-refractivity contribution in [2.45, 2.75) is 32.9 Å². The fourth-order valence-electron chi connectivity index (χ4n) is 1.99. The molecule has 0 unspecified atom stereocenters. The molecule has 1 fully saturated rings. The van der Waals surface area contributed by atoms with Gasteiger partial charge in [-0.2, -0.15) is 0 Å².